The Balaban J connectivity index is 2.24. The molecular formula is C15H23NO2. The van der Waals surface area contributed by atoms with Crippen molar-refractivity contribution >= 4 is 0 Å². The second kappa shape index (κ2) is 6.21. The fourth-order valence-corrected chi connectivity index (χ4v) is 2.38. The van der Waals surface area contributed by atoms with Gasteiger partial charge in [0.1, 0.15) is 5.75 Å². The van der Waals surface area contributed by atoms with Gasteiger partial charge in [0.05, 0.1) is 20.3 Å². The quantitative estimate of drug-likeness (QED) is 0.893. The Morgan fingerprint density at radius 1 is 1.39 bits per heavy atom. The third-order valence-corrected chi connectivity index (χ3v) is 3.48. The second-order valence-electron chi connectivity index (χ2n) is 5.13. The number of rotatable bonds is 3. The molecule has 3 nitrogen and oxygen atoms in total. The van der Waals surface area contributed by atoms with E-state index in [4.69, 9.17) is 9.47 Å². The molecule has 1 atom stereocenters. The highest BCUT2D eigenvalue weighted by molar-refractivity contribution is 5.40. The standard InChI is InChI=1S/C15H23NO2/c1-11(2)14-8-12(4-5-15(14)17-3)13-9-16-6-7-18-10-13/h4-5,8,11,13,16H,6-7,9-10H2,1-3H3. The minimum Gasteiger partial charge on any atom is -0.496 e. The van der Waals surface area contributed by atoms with Crippen LogP contribution in [0.1, 0.15) is 36.8 Å². The maximum atomic E-state index is 5.62. The first-order chi connectivity index (χ1) is 8.72. The van der Waals surface area contributed by atoms with Crippen LogP contribution < -0.4 is 10.1 Å². The molecule has 1 aliphatic heterocycles. The van der Waals surface area contributed by atoms with Crippen LogP contribution in [0.3, 0.4) is 0 Å². The van der Waals surface area contributed by atoms with E-state index in [1.165, 1.54) is 11.1 Å². The third kappa shape index (κ3) is 3.03. The summed E-state index contributed by atoms with van der Waals surface area (Å²) in [4.78, 5) is 0. The van der Waals surface area contributed by atoms with Crippen LogP contribution in [0.25, 0.3) is 0 Å². The molecule has 0 saturated carbocycles. The molecule has 1 unspecified atom stereocenters. The van der Waals surface area contributed by atoms with Crippen molar-refractivity contribution in [1.82, 2.24) is 5.32 Å². The maximum Gasteiger partial charge on any atom is 0.122 e. The third-order valence-electron chi connectivity index (χ3n) is 3.48. The minimum absolute atomic E-state index is 0.441. The van der Waals surface area contributed by atoms with Gasteiger partial charge in [0.25, 0.3) is 0 Å². The van der Waals surface area contributed by atoms with Crippen LogP contribution in [0, 0.1) is 0 Å². The van der Waals surface area contributed by atoms with E-state index in [0.29, 0.717) is 11.8 Å². The first-order valence-electron chi connectivity index (χ1n) is 6.68. The zero-order valence-electron chi connectivity index (χ0n) is 11.5. The van der Waals surface area contributed by atoms with Crippen LogP contribution in [-0.2, 0) is 4.74 Å². The predicted molar refractivity (Wildman–Crippen MR) is 73.5 cm³/mol. The lowest BCUT2D eigenvalue weighted by atomic mass is 9.93. The van der Waals surface area contributed by atoms with Crippen LogP contribution in [0.4, 0.5) is 0 Å². The molecule has 0 aliphatic carbocycles. The Labute approximate surface area is 109 Å². The molecule has 2 rings (SSSR count). The van der Waals surface area contributed by atoms with Crippen molar-refractivity contribution in [1.29, 1.82) is 0 Å². The SMILES string of the molecule is COc1ccc(C2CNCCOC2)cc1C(C)C. The Morgan fingerprint density at radius 2 is 2.22 bits per heavy atom. The van der Waals surface area contributed by atoms with E-state index >= 15 is 0 Å². The molecule has 0 amide bonds. The number of benzene rings is 1. The minimum atomic E-state index is 0.441. The van der Waals surface area contributed by atoms with Crippen LogP contribution in [0.15, 0.2) is 18.2 Å². The highest BCUT2D eigenvalue weighted by atomic mass is 16.5. The Hall–Kier alpha value is -1.06. The number of hydrogen-bond donors (Lipinski definition) is 1. The van der Waals surface area contributed by atoms with Crippen LogP contribution in [0.2, 0.25) is 0 Å². The zero-order chi connectivity index (χ0) is 13.0. The zero-order valence-corrected chi connectivity index (χ0v) is 11.5. The number of nitrogens with one attached hydrogen (secondary N) is 1. The summed E-state index contributed by atoms with van der Waals surface area (Å²) < 4.78 is 11.1. The van der Waals surface area contributed by atoms with Crippen molar-refractivity contribution in [2.45, 2.75) is 25.7 Å². The molecule has 100 valence electrons. The van der Waals surface area contributed by atoms with Gasteiger partial charge in [-0.15, -0.1) is 0 Å². The van der Waals surface area contributed by atoms with Gasteiger partial charge in [0.2, 0.25) is 0 Å². The molecule has 0 bridgehead atoms. The molecule has 0 radical (unpaired) electrons. The molecule has 1 N–H and O–H groups in total. The summed E-state index contributed by atoms with van der Waals surface area (Å²) in [7, 11) is 1.73. The number of ether oxygens (including phenoxy) is 2. The van der Waals surface area contributed by atoms with Gasteiger partial charge in [-0.2, -0.15) is 0 Å². The van der Waals surface area contributed by atoms with E-state index in [1.54, 1.807) is 7.11 Å². The molecule has 1 aliphatic rings. The topological polar surface area (TPSA) is 30.5 Å². The second-order valence-corrected chi connectivity index (χ2v) is 5.13. The first-order valence-corrected chi connectivity index (χ1v) is 6.68. The molecule has 1 heterocycles. The monoisotopic (exact) mass is 249 g/mol. The largest absolute Gasteiger partial charge is 0.496 e. The summed E-state index contributed by atoms with van der Waals surface area (Å²) in [6.07, 6.45) is 0. The van der Waals surface area contributed by atoms with E-state index < -0.39 is 0 Å². The summed E-state index contributed by atoms with van der Waals surface area (Å²) in [6, 6.07) is 6.51. The van der Waals surface area contributed by atoms with Crippen molar-refractivity contribution in [2.75, 3.05) is 33.4 Å². The molecule has 0 spiro atoms. The average molecular weight is 249 g/mol. The summed E-state index contributed by atoms with van der Waals surface area (Å²) in [6.45, 7) is 7.95. The van der Waals surface area contributed by atoms with E-state index in [9.17, 15) is 0 Å². The molecular weight excluding hydrogens is 226 g/mol. The van der Waals surface area contributed by atoms with Gasteiger partial charge < -0.3 is 14.8 Å². The summed E-state index contributed by atoms with van der Waals surface area (Å²) in [5.74, 6) is 1.90. The van der Waals surface area contributed by atoms with Crippen molar-refractivity contribution in [3.63, 3.8) is 0 Å². The highest BCUT2D eigenvalue weighted by Gasteiger charge is 2.17. The lowest BCUT2D eigenvalue weighted by Crippen LogP contribution is -2.21. The van der Waals surface area contributed by atoms with Crippen LogP contribution in [0.5, 0.6) is 5.75 Å². The Kier molecular flexibility index (Phi) is 4.61. The molecule has 1 fully saturated rings. The Morgan fingerprint density at radius 3 is 2.94 bits per heavy atom. The van der Waals surface area contributed by atoms with Gasteiger partial charge in [-0.3, -0.25) is 0 Å². The van der Waals surface area contributed by atoms with E-state index in [-0.39, 0.29) is 0 Å². The molecule has 1 saturated heterocycles. The van der Waals surface area contributed by atoms with Gasteiger partial charge in [-0.1, -0.05) is 26.0 Å². The summed E-state index contributed by atoms with van der Waals surface area (Å²) in [5, 5.41) is 3.42. The average Bonchev–Trinajstić information content (AvgIpc) is 2.66. The highest BCUT2D eigenvalue weighted by Crippen LogP contribution is 2.30. The first kappa shape index (κ1) is 13.4. The molecule has 0 aromatic heterocycles. The lowest BCUT2D eigenvalue weighted by molar-refractivity contribution is 0.141. The maximum absolute atomic E-state index is 5.62. The van der Waals surface area contributed by atoms with Gasteiger partial charge >= 0.3 is 0 Å². The summed E-state index contributed by atoms with van der Waals surface area (Å²) in [5.41, 5.74) is 2.62. The lowest BCUT2D eigenvalue weighted by Gasteiger charge is -2.18. The van der Waals surface area contributed by atoms with E-state index in [0.717, 1.165) is 32.1 Å². The molecule has 1 aromatic rings. The number of hydrogen-bond acceptors (Lipinski definition) is 3. The van der Waals surface area contributed by atoms with Crippen LogP contribution >= 0.6 is 0 Å². The predicted octanol–water partition coefficient (Wildman–Crippen LogP) is 2.52. The normalized spacial score (nSPS) is 20.8. The van der Waals surface area contributed by atoms with Gasteiger partial charge in [0.15, 0.2) is 0 Å². The molecule has 18 heavy (non-hydrogen) atoms. The van der Waals surface area contributed by atoms with Crippen molar-refractivity contribution in [3.05, 3.63) is 29.3 Å². The fourth-order valence-electron chi connectivity index (χ4n) is 2.38. The van der Waals surface area contributed by atoms with Crippen molar-refractivity contribution in [2.24, 2.45) is 0 Å². The van der Waals surface area contributed by atoms with Gasteiger partial charge in [0, 0.05) is 19.0 Å². The van der Waals surface area contributed by atoms with Crippen molar-refractivity contribution in [3.8, 4) is 5.75 Å². The molecule has 1 aromatic carbocycles. The van der Waals surface area contributed by atoms with Gasteiger partial charge in [-0.25, -0.2) is 0 Å². The van der Waals surface area contributed by atoms with Gasteiger partial charge in [-0.05, 0) is 23.1 Å². The van der Waals surface area contributed by atoms with Crippen LogP contribution in [-0.4, -0.2) is 33.4 Å². The number of methoxy groups -OCH3 is 1. The summed E-state index contributed by atoms with van der Waals surface area (Å²) >= 11 is 0. The smallest absolute Gasteiger partial charge is 0.122 e. The Bertz CT molecular complexity index is 382. The van der Waals surface area contributed by atoms with Crippen molar-refractivity contribution < 1.29 is 9.47 Å². The molecule has 3 heteroatoms. The fraction of sp³-hybridized carbons (Fsp3) is 0.600. The van der Waals surface area contributed by atoms with E-state index in [2.05, 4.69) is 37.4 Å². The van der Waals surface area contributed by atoms with E-state index in [1.807, 2.05) is 0 Å².